The van der Waals surface area contributed by atoms with Gasteiger partial charge in [0.15, 0.2) is 0 Å². The van der Waals surface area contributed by atoms with E-state index in [1.165, 1.54) is 4.57 Å². The van der Waals surface area contributed by atoms with Crippen molar-refractivity contribution in [2.45, 2.75) is 70.4 Å². The van der Waals surface area contributed by atoms with E-state index < -0.39 is 37.6 Å². The molecular weight excluding hydrogens is 460 g/mol. The second-order valence-electron chi connectivity index (χ2n) is 9.55. The third-order valence-electron chi connectivity index (χ3n) is 5.57. The van der Waals surface area contributed by atoms with Crippen molar-refractivity contribution in [3.05, 3.63) is 62.9 Å². The fourth-order valence-electron chi connectivity index (χ4n) is 3.78. The molecule has 0 amide bonds. The molecule has 0 aliphatic carbocycles. The Morgan fingerprint density at radius 1 is 1.27 bits per heavy atom. The van der Waals surface area contributed by atoms with Crippen molar-refractivity contribution in [3.8, 4) is 5.75 Å². The minimum absolute atomic E-state index is 0.0261. The van der Waals surface area contributed by atoms with E-state index in [0.717, 1.165) is 0 Å². The molecule has 0 bridgehead atoms. The quantitative estimate of drug-likeness (QED) is 0.490. The number of nitrogens with zero attached hydrogens (tertiary/aromatic N) is 1. The number of aromatic nitrogens is 2. The van der Waals surface area contributed by atoms with Crippen LogP contribution in [0.1, 0.15) is 32.8 Å². The molecule has 2 heterocycles. The number of aromatic amines is 1. The van der Waals surface area contributed by atoms with Gasteiger partial charge in [0, 0.05) is 30.4 Å². The number of benzene rings is 1. The first-order valence-electron chi connectivity index (χ1n) is 11.0. The first-order chi connectivity index (χ1) is 15.4. The summed E-state index contributed by atoms with van der Waals surface area (Å²) in [4.78, 5) is 27.2. The normalized spacial score (nSPS) is 23.0. The Morgan fingerprint density at radius 3 is 2.55 bits per heavy atom. The molecule has 8 nitrogen and oxygen atoms in total. The molecular formula is C23H32N2O6SSi. The Balaban J connectivity index is 1.93. The van der Waals surface area contributed by atoms with E-state index in [2.05, 4.69) is 18.1 Å². The smallest absolute Gasteiger partial charge is 0.358 e. The molecule has 1 saturated heterocycles. The maximum atomic E-state index is 12.8. The van der Waals surface area contributed by atoms with Gasteiger partial charge in [-0.3, -0.25) is 14.3 Å². The lowest BCUT2D eigenvalue weighted by Crippen LogP contribution is -2.52. The SMILES string of the molecule is Cc1cn([C@@]2([SiH](C)C)C[C@H](OC(=S)Oc3ccccc3)[C@@H](COC(C)(C)C)O2)c(=O)[nH]c1=O. The summed E-state index contributed by atoms with van der Waals surface area (Å²) in [6, 6.07) is 9.14. The highest BCUT2D eigenvalue weighted by Crippen LogP contribution is 2.39. The van der Waals surface area contributed by atoms with Gasteiger partial charge in [-0.1, -0.05) is 31.3 Å². The summed E-state index contributed by atoms with van der Waals surface area (Å²) in [5, 5.41) is -0.952. The van der Waals surface area contributed by atoms with Crippen LogP contribution in [-0.4, -0.2) is 48.0 Å². The average Bonchev–Trinajstić information content (AvgIpc) is 3.08. The predicted molar refractivity (Wildman–Crippen MR) is 133 cm³/mol. The lowest BCUT2D eigenvalue weighted by molar-refractivity contribution is -0.114. The van der Waals surface area contributed by atoms with Crippen LogP contribution in [0.3, 0.4) is 0 Å². The summed E-state index contributed by atoms with van der Waals surface area (Å²) in [5.74, 6) is 0.570. The first kappa shape index (κ1) is 25.4. The number of aryl methyl sites for hydroxylation is 1. The van der Waals surface area contributed by atoms with E-state index in [1.54, 1.807) is 25.3 Å². The van der Waals surface area contributed by atoms with Crippen molar-refractivity contribution in [2.75, 3.05) is 6.61 Å². The highest BCUT2D eigenvalue weighted by Gasteiger charge is 2.52. The molecule has 1 aliphatic heterocycles. The van der Waals surface area contributed by atoms with Crippen LogP contribution < -0.4 is 16.0 Å². The summed E-state index contributed by atoms with van der Waals surface area (Å²) in [7, 11) is -1.71. The molecule has 2 aromatic rings. The number of ether oxygens (including phenoxy) is 4. The largest absolute Gasteiger partial charge is 0.450 e. The molecule has 0 unspecified atom stereocenters. The molecule has 10 heteroatoms. The molecule has 0 radical (unpaired) electrons. The Bertz CT molecular complexity index is 1090. The second kappa shape index (κ2) is 9.92. The summed E-state index contributed by atoms with van der Waals surface area (Å²) in [6.45, 7) is 12.0. The number of thiocarbonyl (C=S) groups is 1. The maximum absolute atomic E-state index is 12.8. The van der Waals surface area contributed by atoms with Crippen LogP contribution in [0.15, 0.2) is 46.1 Å². The van der Waals surface area contributed by atoms with E-state index in [-0.39, 0.29) is 17.4 Å². The molecule has 33 heavy (non-hydrogen) atoms. The Morgan fingerprint density at radius 2 is 1.94 bits per heavy atom. The number of para-hydroxylation sites is 1. The van der Waals surface area contributed by atoms with E-state index in [1.807, 2.05) is 39.0 Å². The van der Waals surface area contributed by atoms with E-state index in [9.17, 15) is 9.59 Å². The summed E-state index contributed by atoms with van der Waals surface area (Å²) < 4.78 is 25.8. The van der Waals surface area contributed by atoms with Crippen molar-refractivity contribution < 1.29 is 18.9 Å². The summed E-state index contributed by atoms with van der Waals surface area (Å²) >= 11 is 5.36. The van der Waals surface area contributed by atoms with Gasteiger partial charge in [-0.2, -0.15) is 0 Å². The molecule has 1 N–H and O–H groups in total. The molecule has 1 aromatic heterocycles. The topological polar surface area (TPSA) is 91.8 Å². The molecule has 1 aromatic carbocycles. The van der Waals surface area contributed by atoms with E-state index >= 15 is 0 Å². The minimum Gasteiger partial charge on any atom is -0.450 e. The summed E-state index contributed by atoms with van der Waals surface area (Å²) in [6.07, 6.45) is 0.948. The average molecular weight is 493 g/mol. The molecule has 180 valence electrons. The van der Waals surface area contributed by atoms with Crippen molar-refractivity contribution in [1.82, 2.24) is 9.55 Å². The Hall–Kier alpha value is -2.27. The van der Waals surface area contributed by atoms with Gasteiger partial charge in [-0.25, -0.2) is 4.79 Å². The zero-order chi connectivity index (χ0) is 24.4. The number of nitrogens with one attached hydrogen (secondary N) is 1. The van der Waals surface area contributed by atoms with Gasteiger partial charge < -0.3 is 18.9 Å². The Kier molecular flexibility index (Phi) is 7.62. The van der Waals surface area contributed by atoms with E-state index in [4.69, 9.17) is 31.2 Å². The van der Waals surface area contributed by atoms with Crippen LogP contribution in [0.2, 0.25) is 13.1 Å². The van der Waals surface area contributed by atoms with Gasteiger partial charge in [-0.15, -0.1) is 0 Å². The monoisotopic (exact) mass is 492 g/mol. The highest BCUT2D eigenvalue weighted by atomic mass is 32.1. The fourth-order valence-corrected chi connectivity index (χ4v) is 5.90. The van der Waals surface area contributed by atoms with Gasteiger partial charge in [0.05, 0.1) is 21.0 Å². The second-order valence-corrected chi connectivity index (χ2v) is 13.1. The molecule has 1 fully saturated rings. The highest BCUT2D eigenvalue weighted by molar-refractivity contribution is 7.79. The van der Waals surface area contributed by atoms with Crippen LogP contribution in [0.5, 0.6) is 5.75 Å². The zero-order valence-electron chi connectivity index (χ0n) is 19.9. The standard InChI is InChI=1S/C23H32N2O6SSi/c1-15-13-25(20(27)24-19(15)26)23(33(5)6)12-17(18(31-23)14-28-22(2,3)4)30-21(32)29-16-10-8-7-9-11-16/h7-11,13,17-18,33H,12,14H2,1-6H3,(H,24,26,27)/t17-,18+,23-/m0/s1. The van der Waals surface area contributed by atoms with Crippen molar-refractivity contribution in [1.29, 1.82) is 0 Å². The van der Waals surface area contributed by atoms with Crippen LogP contribution in [0.4, 0.5) is 0 Å². The van der Waals surface area contributed by atoms with E-state index in [0.29, 0.717) is 17.7 Å². The van der Waals surface area contributed by atoms with Crippen LogP contribution in [0.25, 0.3) is 0 Å². The fraction of sp³-hybridized carbons (Fsp3) is 0.522. The Labute approximate surface area is 200 Å². The summed E-state index contributed by atoms with van der Waals surface area (Å²) in [5.41, 5.74) is -0.873. The predicted octanol–water partition coefficient (Wildman–Crippen LogP) is 2.88. The number of rotatable bonds is 6. The van der Waals surface area contributed by atoms with Crippen molar-refractivity contribution in [2.24, 2.45) is 0 Å². The van der Waals surface area contributed by atoms with Crippen LogP contribution >= 0.6 is 12.2 Å². The first-order valence-corrected chi connectivity index (χ1v) is 14.3. The lowest BCUT2D eigenvalue weighted by atomic mass is 10.1. The number of hydrogen-bond donors (Lipinski definition) is 1. The van der Waals surface area contributed by atoms with Gasteiger partial charge in [0.25, 0.3) is 5.56 Å². The lowest BCUT2D eigenvalue weighted by Gasteiger charge is -2.34. The van der Waals surface area contributed by atoms with Gasteiger partial charge in [0.1, 0.15) is 23.3 Å². The van der Waals surface area contributed by atoms with Gasteiger partial charge in [0.2, 0.25) is 0 Å². The van der Waals surface area contributed by atoms with Gasteiger partial charge in [-0.05, 0) is 39.8 Å². The van der Waals surface area contributed by atoms with Crippen LogP contribution in [0, 0.1) is 6.92 Å². The number of H-pyrrole nitrogens is 1. The molecule has 3 atom stereocenters. The molecule has 0 saturated carbocycles. The molecule has 3 rings (SSSR count). The minimum atomic E-state index is -1.71. The zero-order valence-corrected chi connectivity index (χ0v) is 21.9. The van der Waals surface area contributed by atoms with Crippen molar-refractivity contribution >= 4 is 26.3 Å². The molecule has 0 spiro atoms. The van der Waals surface area contributed by atoms with Crippen LogP contribution in [-0.2, 0) is 19.6 Å². The third kappa shape index (κ3) is 6.00. The van der Waals surface area contributed by atoms with Gasteiger partial charge >= 0.3 is 10.9 Å². The third-order valence-corrected chi connectivity index (χ3v) is 8.20. The van der Waals surface area contributed by atoms with Crippen molar-refractivity contribution in [3.63, 3.8) is 0 Å². The number of hydrogen-bond acceptors (Lipinski definition) is 7. The maximum Gasteiger partial charge on any atom is 0.358 e. The molecule has 1 aliphatic rings.